The number of ether oxygens (including phenoxy) is 1. The van der Waals surface area contributed by atoms with Gasteiger partial charge in [0.1, 0.15) is 5.75 Å². The average molecular weight is 341 g/mol. The van der Waals surface area contributed by atoms with Crippen molar-refractivity contribution in [3.63, 3.8) is 0 Å². The van der Waals surface area contributed by atoms with Gasteiger partial charge in [0.2, 0.25) is 0 Å². The Balaban J connectivity index is 1.91. The Labute approximate surface area is 145 Å². The van der Waals surface area contributed by atoms with Crippen LogP contribution in [0.15, 0.2) is 41.5 Å². The summed E-state index contributed by atoms with van der Waals surface area (Å²) in [5.41, 5.74) is 5.41. The van der Waals surface area contributed by atoms with E-state index in [0.717, 1.165) is 11.1 Å². The molecule has 0 aliphatic carbocycles. The van der Waals surface area contributed by atoms with Crippen LogP contribution in [0.2, 0.25) is 0 Å². The van der Waals surface area contributed by atoms with E-state index in [0.29, 0.717) is 16.9 Å². The highest BCUT2D eigenvalue weighted by Crippen LogP contribution is 2.19. The third-order valence-corrected chi connectivity index (χ3v) is 3.54. The van der Waals surface area contributed by atoms with Gasteiger partial charge in [0.15, 0.2) is 6.61 Å². The average Bonchev–Trinajstić information content (AvgIpc) is 2.57. The predicted molar refractivity (Wildman–Crippen MR) is 95.0 cm³/mol. The Hall–Kier alpha value is -3.22. The minimum atomic E-state index is -0.455. The molecule has 0 aromatic heterocycles. The molecule has 0 aliphatic rings. The molecule has 0 saturated heterocycles. The van der Waals surface area contributed by atoms with Gasteiger partial charge in [-0.15, -0.1) is 0 Å². The minimum Gasteiger partial charge on any atom is -0.483 e. The summed E-state index contributed by atoms with van der Waals surface area (Å²) in [4.78, 5) is 22.2. The van der Waals surface area contributed by atoms with Crippen molar-refractivity contribution < 1.29 is 14.5 Å². The van der Waals surface area contributed by atoms with E-state index in [-0.39, 0.29) is 12.3 Å². The van der Waals surface area contributed by atoms with E-state index in [1.54, 1.807) is 19.1 Å². The van der Waals surface area contributed by atoms with E-state index in [2.05, 4.69) is 10.5 Å². The Morgan fingerprint density at radius 2 is 1.92 bits per heavy atom. The number of rotatable bonds is 6. The lowest BCUT2D eigenvalue weighted by atomic mass is 10.1. The van der Waals surface area contributed by atoms with Crippen LogP contribution in [0, 0.1) is 30.9 Å². The number of nitrogens with zero attached hydrogens (tertiary/aromatic N) is 2. The second kappa shape index (κ2) is 8.05. The molecule has 1 amide bonds. The first-order valence-electron chi connectivity index (χ1n) is 7.64. The first kappa shape index (κ1) is 18.1. The molecule has 1 N–H and O–H groups in total. The topological polar surface area (TPSA) is 93.8 Å². The quantitative estimate of drug-likeness (QED) is 0.496. The van der Waals surface area contributed by atoms with E-state index in [4.69, 9.17) is 4.74 Å². The second-order valence-electron chi connectivity index (χ2n) is 5.65. The van der Waals surface area contributed by atoms with Crippen molar-refractivity contribution >= 4 is 17.8 Å². The summed E-state index contributed by atoms with van der Waals surface area (Å²) in [7, 11) is 0. The summed E-state index contributed by atoms with van der Waals surface area (Å²) >= 11 is 0. The number of benzene rings is 2. The molecule has 0 saturated carbocycles. The van der Waals surface area contributed by atoms with Gasteiger partial charge in [0, 0.05) is 17.2 Å². The van der Waals surface area contributed by atoms with Crippen molar-refractivity contribution in [3.8, 4) is 5.75 Å². The van der Waals surface area contributed by atoms with Crippen LogP contribution in [-0.2, 0) is 4.79 Å². The minimum absolute atomic E-state index is 0.00790. The van der Waals surface area contributed by atoms with Gasteiger partial charge in [0.05, 0.1) is 11.1 Å². The monoisotopic (exact) mass is 341 g/mol. The number of carbonyl (C=O) groups excluding carboxylic acids is 1. The molecule has 0 unspecified atom stereocenters. The fourth-order valence-electron chi connectivity index (χ4n) is 2.12. The van der Waals surface area contributed by atoms with Gasteiger partial charge < -0.3 is 4.74 Å². The summed E-state index contributed by atoms with van der Waals surface area (Å²) < 4.78 is 5.47. The molecule has 0 fully saturated rings. The highest BCUT2D eigenvalue weighted by atomic mass is 16.6. The second-order valence-corrected chi connectivity index (χ2v) is 5.65. The summed E-state index contributed by atoms with van der Waals surface area (Å²) in [5, 5.41) is 14.7. The highest BCUT2D eigenvalue weighted by Gasteiger charge is 2.10. The van der Waals surface area contributed by atoms with Crippen LogP contribution in [-0.4, -0.2) is 23.7 Å². The van der Waals surface area contributed by atoms with E-state index >= 15 is 0 Å². The molecule has 25 heavy (non-hydrogen) atoms. The van der Waals surface area contributed by atoms with E-state index < -0.39 is 10.8 Å². The van der Waals surface area contributed by atoms with E-state index in [1.807, 2.05) is 32.0 Å². The van der Waals surface area contributed by atoms with Gasteiger partial charge in [-0.05, 0) is 38.0 Å². The van der Waals surface area contributed by atoms with Crippen LogP contribution in [0.1, 0.15) is 22.3 Å². The van der Waals surface area contributed by atoms with E-state index in [9.17, 15) is 14.9 Å². The number of hydrogen-bond donors (Lipinski definition) is 1. The van der Waals surface area contributed by atoms with Gasteiger partial charge in [-0.3, -0.25) is 14.9 Å². The summed E-state index contributed by atoms with van der Waals surface area (Å²) in [5.74, 6) is 0.229. The van der Waals surface area contributed by atoms with Gasteiger partial charge in [-0.25, -0.2) is 5.43 Å². The van der Waals surface area contributed by atoms with Gasteiger partial charge in [-0.2, -0.15) is 5.10 Å². The predicted octanol–water partition coefficient (Wildman–Crippen LogP) is 3.05. The summed E-state index contributed by atoms with van der Waals surface area (Å²) in [6, 6.07) is 10.5. The lowest BCUT2D eigenvalue weighted by Crippen LogP contribution is -2.24. The van der Waals surface area contributed by atoms with Crippen LogP contribution in [0.5, 0.6) is 5.75 Å². The van der Waals surface area contributed by atoms with E-state index in [1.165, 1.54) is 12.3 Å². The van der Waals surface area contributed by atoms with Crippen molar-refractivity contribution in [1.29, 1.82) is 0 Å². The van der Waals surface area contributed by atoms with Crippen molar-refractivity contribution in [1.82, 2.24) is 5.43 Å². The van der Waals surface area contributed by atoms with Crippen LogP contribution >= 0.6 is 0 Å². The standard InChI is InChI=1S/C18H19N3O4/c1-12-4-5-14(3)17(8-12)25-11-18(22)20-19-10-15-7-6-13(2)16(9-15)21(23)24/h4-10H,11H2,1-3H3,(H,20,22)/b19-10-. The Morgan fingerprint density at radius 3 is 2.64 bits per heavy atom. The number of nitrogens with one attached hydrogen (secondary N) is 1. The Morgan fingerprint density at radius 1 is 1.20 bits per heavy atom. The number of hydrazone groups is 1. The fraction of sp³-hybridized carbons (Fsp3) is 0.222. The molecule has 0 bridgehead atoms. The third kappa shape index (κ3) is 5.13. The number of amides is 1. The third-order valence-electron chi connectivity index (χ3n) is 3.54. The molecule has 0 heterocycles. The van der Waals surface area contributed by atoms with Crippen molar-refractivity contribution in [2.24, 2.45) is 5.10 Å². The molecular formula is C18H19N3O4. The smallest absolute Gasteiger partial charge is 0.277 e. The normalized spacial score (nSPS) is 10.7. The van der Waals surface area contributed by atoms with Crippen molar-refractivity contribution in [3.05, 3.63) is 68.8 Å². The summed E-state index contributed by atoms with van der Waals surface area (Å²) in [6.07, 6.45) is 1.35. The van der Waals surface area contributed by atoms with Crippen LogP contribution in [0.4, 0.5) is 5.69 Å². The lowest BCUT2D eigenvalue weighted by molar-refractivity contribution is -0.385. The molecule has 0 aliphatic heterocycles. The van der Waals surface area contributed by atoms with Gasteiger partial charge in [0.25, 0.3) is 11.6 Å². The molecule has 2 aromatic carbocycles. The largest absolute Gasteiger partial charge is 0.483 e. The van der Waals surface area contributed by atoms with Crippen molar-refractivity contribution in [2.75, 3.05) is 6.61 Å². The molecule has 0 atom stereocenters. The zero-order chi connectivity index (χ0) is 18.4. The molecule has 0 radical (unpaired) electrons. The molecule has 0 spiro atoms. The van der Waals surface area contributed by atoms with Gasteiger partial charge in [-0.1, -0.05) is 24.3 Å². The summed E-state index contributed by atoms with van der Waals surface area (Å²) in [6.45, 7) is 5.33. The molecule has 2 aromatic rings. The highest BCUT2D eigenvalue weighted by molar-refractivity contribution is 5.83. The molecule has 130 valence electrons. The number of nitro groups is 1. The van der Waals surface area contributed by atoms with Gasteiger partial charge >= 0.3 is 0 Å². The molecule has 7 nitrogen and oxygen atoms in total. The first-order valence-corrected chi connectivity index (χ1v) is 7.64. The first-order chi connectivity index (χ1) is 11.9. The number of nitro benzene ring substituents is 1. The van der Waals surface area contributed by atoms with Crippen molar-refractivity contribution in [2.45, 2.75) is 20.8 Å². The van der Waals surface area contributed by atoms with Crippen LogP contribution in [0.25, 0.3) is 0 Å². The maximum absolute atomic E-state index is 11.8. The maximum atomic E-state index is 11.8. The number of carbonyl (C=O) groups is 1. The van der Waals surface area contributed by atoms with Crippen LogP contribution in [0.3, 0.4) is 0 Å². The number of aryl methyl sites for hydroxylation is 3. The fourth-order valence-corrected chi connectivity index (χ4v) is 2.12. The zero-order valence-corrected chi connectivity index (χ0v) is 14.3. The molecular weight excluding hydrogens is 322 g/mol. The molecule has 2 rings (SSSR count). The Kier molecular flexibility index (Phi) is 5.84. The molecule has 7 heteroatoms. The SMILES string of the molecule is Cc1ccc(C)c(OCC(=O)N/N=C\c2ccc(C)c([N+](=O)[O-])c2)c1. The zero-order valence-electron chi connectivity index (χ0n) is 14.3. The maximum Gasteiger partial charge on any atom is 0.277 e. The lowest BCUT2D eigenvalue weighted by Gasteiger charge is -2.08. The Bertz CT molecular complexity index is 831. The van der Waals surface area contributed by atoms with Crippen LogP contribution < -0.4 is 10.2 Å². The number of hydrogen-bond acceptors (Lipinski definition) is 5.